The monoisotopic (exact) mass is 394 g/mol. The van der Waals surface area contributed by atoms with Crippen LogP contribution in [0.15, 0.2) is 15.0 Å². The molecule has 0 saturated heterocycles. The molecule has 1 rings (SSSR count). The van der Waals surface area contributed by atoms with Gasteiger partial charge in [0.05, 0.1) is 21.7 Å². The minimum absolute atomic E-state index is 0.134. The van der Waals surface area contributed by atoms with Gasteiger partial charge in [-0.25, -0.2) is 4.79 Å². The second-order valence-electron chi connectivity index (χ2n) is 4.23. The first-order valence-corrected chi connectivity index (χ1v) is 6.93. The van der Waals surface area contributed by atoms with E-state index < -0.39 is 10.9 Å². The second-order valence-corrected chi connectivity index (χ2v) is 5.88. The van der Waals surface area contributed by atoms with E-state index in [0.29, 0.717) is 4.47 Å². The molecule has 0 aromatic heterocycles. The lowest BCUT2D eigenvalue weighted by Crippen LogP contribution is -2.13. The van der Waals surface area contributed by atoms with E-state index in [0.717, 1.165) is 0 Å². The molecule has 19 heavy (non-hydrogen) atoms. The number of nitro benzene ring substituents is 1. The van der Waals surface area contributed by atoms with Gasteiger partial charge in [-0.3, -0.25) is 10.1 Å². The molecule has 0 aliphatic heterocycles. The van der Waals surface area contributed by atoms with Gasteiger partial charge in [-0.1, -0.05) is 13.8 Å². The van der Waals surface area contributed by atoms with Gasteiger partial charge >= 0.3 is 5.97 Å². The van der Waals surface area contributed by atoms with Gasteiger partial charge in [0.2, 0.25) is 0 Å². The first-order valence-electron chi connectivity index (χ1n) is 5.34. The third-order valence-corrected chi connectivity index (χ3v) is 3.66. The number of nitro groups is 1. The number of hydrogen-bond donors (Lipinski definition) is 1. The molecule has 0 unspecified atom stereocenters. The van der Waals surface area contributed by atoms with E-state index in [2.05, 4.69) is 31.9 Å². The Kier molecular flexibility index (Phi) is 5.30. The number of hydrogen-bond acceptors (Lipinski definition) is 5. The number of nitrogens with two attached hydrogens (primary N) is 1. The number of rotatable bonds is 4. The Hall–Kier alpha value is -1.15. The lowest BCUT2D eigenvalue weighted by atomic mass is 10.1. The summed E-state index contributed by atoms with van der Waals surface area (Å²) in [6.45, 7) is 3.91. The molecule has 0 atom stereocenters. The number of carbonyl (C=O) groups excluding carboxylic acids is 1. The van der Waals surface area contributed by atoms with E-state index in [1.807, 2.05) is 13.8 Å². The van der Waals surface area contributed by atoms with Crippen LogP contribution in [0.4, 0.5) is 11.4 Å². The number of esters is 1. The van der Waals surface area contributed by atoms with Gasteiger partial charge in [0.25, 0.3) is 5.69 Å². The van der Waals surface area contributed by atoms with Gasteiger partial charge < -0.3 is 10.5 Å². The molecule has 8 heteroatoms. The van der Waals surface area contributed by atoms with E-state index in [4.69, 9.17) is 10.5 Å². The number of halogens is 2. The van der Waals surface area contributed by atoms with Crippen molar-refractivity contribution in [2.45, 2.75) is 13.8 Å². The van der Waals surface area contributed by atoms with Crippen molar-refractivity contribution in [1.82, 2.24) is 0 Å². The summed E-state index contributed by atoms with van der Waals surface area (Å²) in [4.78, 5) is 22.3. The molecular weight excluding hydrogens is 384 g/mol. The maximum atomic E-state index is 11.9. The Morgan fingerprint density at radius 3 is 2.58 bits per heavy atom. The topological polar surface area (TPSA) is 95.5 Å². The van der Waals surface area contributed by atoms with Crippen LogP contribution in [-0.4, -0.2) is 17.5 Å². The fourth-order valence-electron chi connectivity index (χ4n) is 1.27. The van der Waals surface area contributed by atoms with E-state index in [9.17, 15) is 14.9 Å². The van der Waals surface area contributed by atoms with Crippen LogP contribution in [0.3, 0.4) is 0 Å². The van der Waals surface area contributed by atoms with E-state index in [1.165, 1.54) is 6.07 Å². The summed E-state index contributed by atoms with van der Waals surface area (Å²) in [6, 6.07) is 1.19. The largest absolute Gasteiger partial charge is 0.462 e. The third kappa shape index (κ3) is 3.66. The van der Waals surface area contributed by atoms with Gasteiger partial charge in [-0.2, -0.15) is 0 Å². The molecule has 0 spiro atoms. The first-order chi connectivity index (χ1) is 8.75. The fourth-order valence-corrected chi connectivity index (χ4v) is 2.53. The summed E-state index contributed by atoms with van der Waals surface area (Å²) in [6.07, 6.45) is 0. The fraction of sp³-hybridized carbons (Fsp3) is 0.364. The molecule has 0 fully saturated rings. The SMILES string of the molecule is CC(C)COC(=O)c1c([N+](=O)[O-])cc(Br)c(N)c1Br. The average molecular weight is 396 g/mol. The minimum Gasteiger partial charge on any atom is -0.462 e. The maximum Gasteiger partial charge on any atom is 0.346 e. The zero-order chi connectivity index (χ0) is 14.7. The molecule has 0 aliphatic carbocycles. The number of nitrogen functional groups attached to an aromatic ring is 1. The molecular formula is C11H12Br2N2O4. The Morgan fingerprint density at radius 1 is 1.53 bits per heavy atom. The molecule has 0 saturated carbocycles. The highest BCUT2D eigenvalue weighted by atomic mass is 79.9. The van der Waals surface area contributed by atoms with Crippen molar-refractivity contribution in [3.63, 3.8) is 0 Å². The molecule has 0 amide bonds. The van der Waals surface area contributed by atoms with Gasteiger partial charge in [0.1, 0.15) is 0 Å². The Balaban J connectivity index is 3.28. The normalized spacial score (nSPS) is 10.6. The van der Waals surface area contributed by atoms with Gasteiger partial charge in [0.15, 0.2) is 5.56 Å². The molecule has 0 aliphatic rings. The van der Waals surface area contributed by atoms with Crippen LogP contribution < -0.4 is 5.73 Å². The predicted octanol–water partition coefficient (Wildman–Crippen LogP) is 3.51. The highest BCUT2D eigenvalue weighted by molar-refractivity contribution is 9.11. The Bertz CT molecular complexity index is 532. The highest BCUT2D eigenvalue weighted by Crippen LogP contribution is 2.38. The zero-order valence-electron chi connectivity index (χ0n) is 10.3. The minimum atomic E-state index is -0.772. The smallest absolute Gasteiger partial charge is 0.346 e. The maximum absolute atomic E-state index is 11.9. The summed E-state index contributed by atoms with van der Waals surface area (Å²) >= 11 is 6.20. The number of anilines is 1. The first kappa shape index (κ1) is 15.9. The van der Waals surface area contributed by atoms with Crippen LogP contribution in [0.5, 0.6) is 0 Å². The standard InChI is InChI=1S/C11H12Br2N2O4/c1-5(2)4-19-11(16)8-7(15(17)18)3-6(12)10(14)9(8)13/h3,5H,4,14H2,1-2H3. The van der Waals surface area contributed by atoms with Crippen molar-refractivity contribution in [3.8, 4) is 0 Å². The van der Waals surface area contributed by atoms with E-state index in [1.54, 1.807) is 0 Å². The van der Waals surface area contributed by atoms with Crippen LogP contribution >= 0.6 is 31.9 Å². The summed E-state index contributed by atoms with van der Waals surface area (Å²) < 4.78 is 5.51. The van der Waals surface area contributed by atoms with Crippen LogP contribution in [0, 0.1) is 16.0 Å². The summed E-state index contributed by atoms with van der Waals surface area (Å²) in [7, 11) is 0. The summed E-state index contributed by atoms with van der Waals surface area (Å²) in [5.74, 6) is -0.638. The van der Waals surface area contributed by atoms with Crippen molar-refractivity contribution >= 4 is 49.2 Å². The van der Waals surface area contributed by atoms with Crippen LogP contribution in [0.2, 0.25) is 0 Å². The Morgan fingerprint density at radius 2 is 2.11 bits per heavy atom. The van der Waals surface area contributed by atoms with Crippen molar-refractivity contribution < 1.29 is 14.5 Å². The lowest BCUT2D eigenvalue weighted by molar-refractivity contribution is -0.385. The van der Waals surface area contributed by atoms with Crippen LogP contribution in [-0.2, 0) is 4.74 Å². The molecule has 2 N–H and O–H groups in total. The zero-order valence-corrected chi connectivity index (χ0v) is 13.4. The summed E-state index contributed by atoms with van der Waals surface area (Å²) in [5, 5.41) is 11.0. The van der Waals surface area contributed by atoms with Crippen LogP contribution in [0.1, 0.15) is 24.2 Å². The predicted molar refractivity (Wildman–Crippen MR) is 78.0 cm³/mol. The second kappa shape index (κ2) is 6.33. The average Bonchev–Trinajstić information content (AvgIpc) is 2.32. The molecule has 104 valence electrons. The number of benzene rings is 1. The lowest BCUT2D eigenvalue weighted by Gasteiger charge is -2.11. The number of carbonyl (C=O) groups is 1. The van der Waals surface area contributed by atoms with Crippen molar-refractivity contribution in [2.24, 2.45) is 5.92 Å². The molecule has 0 bridgehead atoms. The molecule has 0 radical (unpaired) electrons. The van der Waals surface area contributed by atoms with Crippen molar-refractivity contribution in [1.29, 1.82) is 0 Å². The Labute approximate surface area is 126 Å². The van der Waals surface area contributed by atoms with Gasteiger partial charge in [-0.15, -0.1) is 0 Å². The van der Waals surface area contributed by atoms with E-state index >= 15 is 0 Å². The van der Waals surface area contributed by atoms with Crippen LogP contribution in [0.25, 0.3) is 0 Å². The van der Waals surface area contributed by atoms with Crippen molar-refractivity contribution in [3.05, 3.63) is 30.7 Å². The molecule has 0 heterocycles. The quantitative estimate of drug-likeness (QED) is 0.364. The van der Waals surface area contributed by atoms with Gasteiger partial charge in [0, 0.05) is 10.5 Å². The summed E-state index contributed by atoms with van der Waals surface area (Å²) in [5.41, 5.74) is 5.40. The van der Waals surface area contributed by atoms with Gasteiger partial charge in [-0.05, 0) is 37.8 Å². The highest BCUT2D eigenvalue weighted by Gasteiger charge is 2.28. The molecule has 1 aromatic carbocycles. The third-order valence-electron chi connectivity index (χ3n) is 2.18. The molecule has 1 aromatic rings. The van der Waals surface area contributed by atoms with E-state index in [-0.39, 0.29) is 33.9 Å². The number of ether oxygens (including phenoxy) is 1. The van der Waals surface area contributed by atoms with Crippen molar-refractivity contribution in [2.75, 3.05) is 12.3 Å². The molecule has 6 nitrogen and oxygen atoms in total. The number of nitrogens with zero attached hydrogens (tertiary/aromatic N) is 1.